The zero-order valence-electron chi connectivity index (χ0n) is 12.6. The fraction of sp³-hybridized carbons (Fsp3) is 0.500. The van der Waals surface area contributed by atoms with Crippen molar-refractivity contribution in [2.24, 2.45) is 0 Å². The Morgan fingerprint density at radius 1 is 1.30 bits per heavy atom. The van der Waals surface area contributed by atoms with Crippen LogP contribution in [0, 0.1) is 0 Å². The van der Waals surface area contributed by atoms with Gasteiger partial charge in [0.25, 0.3) is 0 Å². The Morgan fingerprint density at radius 2 is 2.00 bits per heavy atom. The quantitative estimate of drug-likeness (QED) is 0.887. The minimum absolute atomic E-state index is 0.128. The number of furan rings is 1. The second-order valence-electron chi connectivity index (χ2n) is 5.23. The molecular formula is C16H23NO2S. The van der Waals surface area contributed by atoms with Crippen LogP contribution in [0.15, 0.2) is 28.7 Å². The van der Waals surface area contributed by atoms with Gasteiger partial charge in [-0.05, 0) is 26.3 Å². The van der Waals surface area contributed by atoms with E-state index in [0.29, 0.717) is 0 Å². The molecule has 0 spiro atoms. The third kappa shape index (κ3) is 3.13. The number of hydrogen-bond acceptors (Lipinski definition) is 3. The lowest BCUT2D eigenvalue weighted by Crippen LogP contribution is -2.29. The first-order valence-electron chi connectivity index (χ1n) is 7.10. The molecule has 0 saturated carbocycles. The SMILES string of the molecule is CCc1c(C(C)NCC(C)S(C)=O)oc2ccccc12. The highest BCUT2D eigenvalue weighted by Crippen LogP contribution is 2.30. The van der Waals surface area contributed by atoms with Crippen molar-refractivity contribution in [3.05, 3.63) is 35.6 Å². The van der Waals surface area contributed by atoms with Crippen LogP contribution in [0.4, 0.5) is 0 Å². The second kappa shape index (κ2) is 6.55. The summed E-state index contributed by atoms with van der Waals surface area (Å²) in [5, 5.41) is 4.77. The van der Waals surface area contributed by atoms with Crippen molar-refractivity contribution in [1.29, 1.82) is 0 Å². The number of benzene rings is 1. The zero-order chi connectivity index (χ0) is 14.7. The third-order valence-corrected chi connectivity index (χ3v) is 5.05. The molecule has 0 amide bonds. The lowest BCUT2D eigenvalue weighted by atomic mass is 10.1. The highest BCUT2D eigenvalue weighted by atomic mass is 32.2. The molecule has 0 bridgehead atoms. The van der Waals surface area contributed by atoms with Gasteiger partial charge in [0.1, 0.15) is 11.3 Å². The van der Waals surface area contributed by atoms with E-state index < -0.39 is 10.8 Å². The molecule has 2 aromatic rings. The molecule has 20 heavy (non-hydrogen) atoms. The molecule has 0 radical (unpaired) electrons. The van der Waals surface area contributed by atoms with Crippen molar-refractivity contribution in [3.63, 3.8) is 0 Å². The van der Waals surface area contributed by atoms with Gasteiger partial charge in [-0.2, -0.15) is 0 Å². The molecule has 0 fully saturated rings. The van der Waals surface area contributed by atoms with Crippen LogP contribution < -0.4 is 5.32 Å². The molecule has 4 heteroatoms. The van der Waals surface area contributed by atoms with Gasteiger partial charge in [0, 0.05) is 39.8 Å². The Labute approximate surface area is 123 Å². The number of nitrogens with one attached hydrogen (secondary N) is 1. The minimum atomic E-state index is -0.798. The smallest absolute Gasteiger partial charge is 0.134 e. The molecule has 0 aliphatic rings. The van der Waals surface area contributed by atoms with Gasteiger partial charge in [0.2, 0.25) is 0 Å². The molecule has 3 atom stereocenters. The van der Waals surface area contributed by atoms with Crippen molar-refractivity contribution in [1.82, 2.24) is 5.32 Å². The van der Waals surface area contributed by atoms with Crippen LogP contribution >= 0.6 is 0 Å². The standard InChI is InChI=1S/C16H23NO2S/c1-5-13-14-8-6-7-9-15(14)19-16(13)12(3)17-10-11(2)20(4)18/h6-9,11-12,17H,5,10H2,1-4H3. The number of hydrogen-bond donors (Lipinski definition) is 1. The predicted molar refractivity (Wildman–Crippen MR) is 85.5 cm³/mol. The predicted octanol–water partition coefficient (Wildman–Crippen LogP) is 3.41. The van der Waals surface area contributed by atoms with Gasteiger partial charge >= 0.3 is 0 Å². The van der Waals surface area contributed by atoms with E-state index >= 15 is 0 Å². The van der Waals surface area contributed by atoms with E-state index in [-0.39, 0.29) is 11.3 Å². The minimum Gasteiger partial charge on any atom is -0.459 e. The van der Waals surface area contributed by atoms with Gasteiger partial charge in [-0.3, -0.25) is 4.21 Å². The van der Waals surface area contributed by atoms with Gasteiger partial charge in [-0.25, -0.2) is 0 Å². The molecule has 1 aromatic carbocycles. The number of aryl methyl sites for hydroxylation is 1. The lowest BCUT2D eigenvalue weighted by molar-refractivity contribution is 0.447. The second-order valence-corrected chi connectivity index (χ2v) is 7.04. The largest absolute Gasteiger partial charge is 0.459 e. The van der Waals surface area contributed by atoms with Crippen LogP contribution in [0.25, 0.3) is 11.0 Å². The number of rotatable bonds is 6. The van der Waals surface area contributed by atoms with Crippen LogP contribution in [0.1, 0.15) is 38.1 Å². The van der Waals surface area contributed by atoms with Crippen molar-refractivity contribution >= 4 is 21.8 Å². The summed E-state index contributed by atoms with van der Waals surface area (Å²) in [6.45, 7) is 6.97. The molecule has 3 unspecified atom stereocenters. The molecule has 0 aliphatic carbocycles. The zero-order valence-corrected chi connectivity index (χ0v) is 13.4. The summed E-state index contributed by atoms with van der Waals surface area (Å²) in [6.07, 6.45) is 2.70. The Morgan fingerprint density at radius 3 is 2.65 bits per heavy atom. The van der Waals surface area contributed by atoms with Crippen LogP contribution in [0.3, 0.4) is 0 Å². The molecular weight excluding hydrogens is 270 g/mol. The van der Waals surface area contributed by atoms with Crippen molar-refractivity contribution in [2.75, 3.05) is 12.8 Å². The lowest BCUT2D eigenvalue weighted by Gasteiger charge is -2.16. The number of fused-ring (bicyclic) bond motifs is 1. The van der Waals surface area contributed by atoms with Crippen LogP contribution in [0.2, 0.25) is 0 Å². The van der Waals surface area contributed by atoms with E-state index in [0.717, 1.165) is 24.3 Å². The van der Waals surface area contributed by atoms with Crippen LogP contribution in [0.5, 0.6) is 0 Å². The fourth-order valence-electron chi connectivity index (χ4n) is 2.38. The summed E-state index contributed by atoms with van der Waals surface area (Å²) in [4.78, 5) is 0. The van der Waals surface area contributed by atoms with Gasteiger partial charge in [-0.15, -0.1) is 0 Å². The maximum atomic E-state index is 11.4. The molecule has 3 nitrogen and oxygen atoms in total. The van der Waals surface area contributed by atoms with Gasteiger partial charge < -0.3 is 9.73 Å². The first-order valence-corrected chi connectivity index (χ1v) is 8.72. The third-order valence-electron chi connectivity index (χ3n) is 3.75. The van der Waals surface area contributed by atoms with E-state index in [9.17, 15) is 4.21 Å². The summed E-state index contributed by atoms with van der Waals surface area (Å²) in [6, 6.07) is 8.28. The Hall–Kier alpha value is -1.13. The van der Waals surface area contributed by atoms with Gasteiger partial charge in [0.15, 0.2) is 0 Å². The van der Waals surface area contributed by atoms with E-state index in [1.165, 1.54) is 10.9 Å². The Kier molecular flexibility index (Phi) is 5.00. The van der Waals surface area contributed by atoms with Crippen molar-refractivity contribution in [3.8, 4) is 0 Å². The van der Waals surface area contributed by atoms with Gasteiger partial charge in [0.05, 0.1) is 6.04 Å². The average Bonchev–Trinajstić information content (AvgIpc) is 2.82. The van der Waals surface area contributed by atoms with Crippen molar-refractivity contribution in [2.45, 2.75) is 38.5 Å². The molecule has 0 aliphatic heterocycles. The maximum absolute atomic E-state index is 11.4. The molecule has 1 N–H and O–H groups in total. The monoisotopic (exact) mass is 293 g/mol. The summed E-state index contributed by atoms with van der Waals surface area (Å²) in [7, 11) is -0.798. The Balaban J connectivity index is 2.21. The van der Waals surface area contributed by atoms with E-state index in [4.69, 9.17) is 4.42 Å². The maximum Gasteiger partial charge on any atom is 0.134 e. The first-order chi connectivity index (χ1) is 9.54. The first kappa shape index (κ1) is 15.3. The van der Waals surface area contributed by atoms with E-state index in [1.807, 2.05) is 25.1 Å². The highest BCUT2D eigenvalue weighted by Gasteiger charge is 2.18. The molecule has 1 aromatic heterocycles. The molecule has 1 heterocycles. The topological polar surface area (TPSA) is 42.2 Å². The average molecular weight is 293 g/mol. The number of para-hydroxylation sites is 1. The summed E-state index contributed by atoms with van der Waals surface area (Å²) < 4.78 is 17.4. The van der Waals surface area contributed by atoms with Crippen molar-refractivity contribution < 1.29 is 8.63 Å². The van der Waals surface area contributed by atoms with Crippen LogP contribution in [-0.2, 0) is 17.2 Å². The highest BCUT2D eigenvalue weighted by molar-refractivity contribution is 7.84. The Bertz CT molecular complexity index is 606. The molecule has 110 valence electrons. The normalized spacial score (nSPS) is 16.2. The summed E-state index contributed by atoms with van der Waals surface area (Å²) in [5.74, 6) is 1.00. The fourth-order valence-corrected chi connectivity index (χ4v) is 2.72. The molecule has 2 rings (SSSR count). The van der Waals surface area contributed by atoms with Gasteiger partial charge in [-0.1, -0.05) is 25.1 Å². The van der Waals surface area contributed by atoms with E-state index in [2.05, 4.69) is 25.2 Å². The van der Waals surface area contributed by atoms with E-state index in [1.54, 1.807) is 6.26 Å². The summed E-state index contributed by atoms with van der Waals surface area (Å²) >= 11 is 0. The van der Waals surface area contributed by atoms with Crippen LogP contribution in [-0.4, -0.2) is 22.3 Å². The molecule has 0 saturated heterocycles. The summed E-state index contributed by atoms with van der Waals surface area (Å²) in [5.41, 5.74) is 2.21.